The number of hydrogen-bond acceptors (Lipinski definition) is 6. The maximum Gasteiger partial charge on any atom is 0.353 e. The van der Waals surface area contributed by atoms with E-state index in [9.17, 15) is 18.9 Å². The van der Waals surface area contributed by atoms with Crippen LogP contribution in [0, 0.1) is 28.7 Å². The average molecular weight is 392 g/mol. The maximum absolute atomic E-state index is 13.4. The Morgan fingerprint density at radius 2 is 1.74 bits per heavy atom. The summed E-state index contributed by atoms with van der Waals surface area (Å²) in [7, 11) is 0. The van der Waals surface area contributed by atoms with Gasteiger partial charge in [-0.25, -0.2) is 18.7 Å². The maximum atomic E-state index is 13.4. The Balaban J connectivity index is 2.00. The van der Waals surface area contributed by atoms with Crippen molar-refractivity contribution in [1.29, 1.82) is 0 Å². The Kier molecular flexibility index (Phi) is 5.13. The van der Waals surface area contributed by atoms with Crippen LogP contribution in [0.5, 0.6) is 0 Å². The van der Waals surface area contributed by atoms with E-state index in [4.69, 9.17) is 11.6 Å². The molecule has 1 aromatic heterocycles. The SMILES string of the molecule is Cc1ccc(Cl)cc1Nc1ncnc(Nc2ccc(F)c(F)c2)c1[N+](=O)[O-]. The molecule has 3 rings (SSSR count). The highest BCUT2D eigenvalue weighted by Gasteiger charge is 2.24. The Morgan fingerprint density at radius 1 is 1.04 bits per heavy atom. The molecule has 0 saturated heterocycles. The van der Waals surface area contributed by atoms with Crippen molar-refractivity contribution < 1.29 is 13.7 Å². The molecule has 0 amide bonds. The number of nitro groups is 1. The zero-order valence-electron chi connectivity index (χ0n) is 13.8. The fourth-order valence-corrected chi connectivity index (χ4v) is 2.47. The molecule has 7 nitrogen and oxygen atoms in total. The largest absolute Gasteiger partial charge is 0.353 e. The van der Waals surface area contributed by atoms with Crippen LogP contribution in [0.3, 0.4) is 0 Å². The zero-order chi connectivity index (χ0) is 19.6. The first-order chi connectivity index (χ1) is 12.8. The predicted molar refractivity (Wildman–Crippen MR) is 97.8 cm³/mol. The number of benzene rings is 2. The second kappa shape index (κ2) is 7.50. The van der Waals surface area contributed by atoms with Gasteiger partial charge in [0.05, 0.1) is 4.92 Å². The molecule has 0 atom stereocenters. The summed E-state index contributed by atoms with van der Waals surface area (Å²) in [6.07, 6.45) is 1.11. The number of aromatic nitrogens is 2. The van der Waals surface area contributed by atoms with Crippen LogP contribution in [-0.2, 0) is 0 Å². The van der Waals surface area contributed by atoms with Crippen molar-refractivity contribution in [3.05, 3.63) is 75.1 Å². The van der Waals surface area contributed by atoms with Crippen LogP contribution in [-0.4, -0.2) is 14.9 Å². The number of aryl methyl sites for hydroxylation is 1. The highest BCUT2D eigenvalue weighted by atomic mass is 35.5. The van der Waals surface area contributed by atoms with Gasteiger partial charge < -0.3 is 10.6 Å². The molecule has 0 unspecified atom stereocenters. The van der Waals surface area contributed by atoms with Crippen LogP contribution in [0.1, 0.15) is 5.56 Å². The van der Waals surface area contributed by atoms with Gasteiger partial charge in [0.2, 0.25) is 11.6 Å². The number of nitrogens with zero attached hydrogens (tertiary/aromatic N) is 3. The van der Waals surface area contributed by atoms with E-state index < -0.39 is 22.2 Å². The topological polar surface area (TPSA) is 93.0 Å². The number of rotatable bonds is 5. The highest BCUT2D eigenvalue weighted by Crippen LogP contribution is 2.34. The number of nitrogens with one attached hydrogen (secondary N) is 2. The Hall–Kier alpha value is -3.33. The van der Waals surface area contributed by atoms with Gasteiger partial charge in [0.1, 0.15) is 6.33 Å². The van der Waals surface area contributed by atoms with E-state index in [1.807, 2.05) is 0 Å². The lowest BCUT2D eigenvalue weighted by molar-refractivity contribution is -0.383. The molecule has 27 heavy (non-hydrogen) atoms. The van der Waals surface area contributed by atoms with Gasteiger partial charge in [-0.05, 0) is 36.8 Å². The quantitative estimate of drug-likeness (QED) is 0.463. The van der Waals surface area contributed by atoms with Gasteiger partial charge in [0.15, 0.2) is 11.6 Å². The molecule has 0 spiro atoms. The van der Waals surface area contributed by atoms with Crippen molar-refractivity contribution in [2.75, 3.05) is 10.6 Å². The number of halogens is 3. The van der Waals surface area contributed by atoms with E-state index in [0.29, 0.717) is 10.7 Å². The van der Waals surface area contributed by atoms with Crippen LogP contribution < -0.4 is 10.6 Å². The fraction of sp³-hybridized carbons (Fsp3) is 0.0588. The van der Waals surface area contributed by atoms with E-state index in [1.165, 1.54) is 6.07 Å². The summed E-state index contributed by atoms with van der Waals surface area (Å²) in [5.41, 5.74) is 0.965. The van der Waals surface area contributed by atoms with Gasteiger partial charge in [-0.2, -0.15) is 0 Å². The van der Waals surface area contributed by atoms with Crippen LogP contribution in [0.25, 0.3) is 0 Å². The monoisotopic (exact) mass is 391 g/mol. The average Bonchev–Trinajstić information content (AvgIpc) is 2.61. The van der Waals surface area contributed by atoms with Crippen molar-refractivity contribution in [2.24, 2.45) is 0 Å². The minimum absolute atomic E-state index is 0.0783. The summed E-state index contributed by atoms with van der Waals surface area (Å²) in [6.45, 7) is 1.80. The van der Waals surface area contributed by atoms with Crippen LogP contribution in [0.15, 0.2) is 42.7 Å². The standard InChI is InChI=1S/C17H12ClF2N5O2/c1-9-2-3-10(18)6-14(9)24-17-15(25(26)27)16(21-8-22-17)23-11-4-5-12(19)13(20)7-11/h2-8H,1H3,(H2,21,22,23,24). The summed E-state index contributed by atoms with van der Waals surface area (Å²) < 4.78 is 26.4. The lowest BCUT2D eigenvalue weighted by atomic mass is 10.2. The molecule has 2 N–H and O–H groups in total. The van der Waals surface area contributed by atoms with Crippen LogP contribution in [0.4, 0.5) is 37.5 Å². The molecule has 0 aliphatic rings. The second-order valence-corrected chi connectivity index (χ2v) is 5.95. The van der Waals surface area contributed by atoms with Crippen LogP contribution in [0.2, 0.25) is 5.02 Å². The van der Waals surface area contributed by atoms with Crippen LogP contribution >= 0.6 is 11.6 Å². The van der Waals surface area contributed by atoms with Crippen molar-refractivity contribution >= 4 is 40.3 Å². The summed E-state index contributed by atoms with van der Waals surface area (Å²) in [4.78, 5) is 18.7. The first-order valence-electron chi connectivity index (χ1n) is 7.60. The molecular formula is C17H12ClF2N5O2. The summed E-state index contributed by atoms with van der Waals surface area (Å²) >= 11 is 5.97. The second-order valence-electron chi connectivity index (χ2n) is 5.51. The molecule has 0 aliphatic carbocycles. The van der Waals surface area contributed by atoms with E-state index in [2.05, 4.69) is 20.6 Å². The zero-order valence-corrected chi connectivity index (χ0v) is 14.6. The molecule has 1 heterocycles. The van der Waals surface area contributed by atoms with Crippen molar-refractivity contribution in [1.82, 2.24) is 9.97 Å². The third kappa shape index (κ3) is 4.09. The van der Waals surface area contributed by atoms with Gasteiger partial charge in [0, 0.05) is 22.5 Å². The minimum Gasteiger partial charge on any atom is -0.334 e. The van der Waals surface area contributed by atoms with Gasteiger partial charge in [-0.3, -0.25) is 10.1 Å². The van der Waals surface area contributed by atoms with Gasteiger partial charge in [-0.1, -0.05) is 17.7 Å². The molecule has 2 aromatic carbocycles. The molecule has 0 aliphatic heterocycles. The number of anilines is 4. The highest BCUT2D eigenvalue weighted by molar-refractivity contribution is 6.30. The smallest absolute Gasteiger partial charge is 0.334 e. The third-order valence-electron chi connectivity index (χ3n) is 3.64. The summed E-state index contributed by atoms with van der Waals surface area (Å²) in [5.74, 6) is -2.38. The third-order valence-corrected chi connectivity index (χ3v) is 3.87. The molecule has 0 saturated carbocycles. The van der Waals surface area contributed by atoms with E-state index in [0.717, 1.165) is 24.0 Å². The Bertz CT molecular complexity index is 1030. The molecule has 3 aromatic rings. The summed E-state index contributed by atoms with van der Waals surface area (Å²) in [5, 5.41) is 17.5. The van der Waals surface area contributed by atoms with Gasteiger partial charge in [0.25, 0.3) is 0 Å². The van der Waals surface area contributed by atoms with Crippen molar-refractivity contribution in [3.63, 3.8) is 0 Å². The Morgan fingerprint density at radius 3 is 2.41 bits per heavy atom. The molecule has 138 valence electrons. The fourth-order valence-electron chi connectivity index (χ4n) is 2.30. The molecule has 10 heteroatoms. The molecule has 0 fully saturated rings. The lowest BCUT2D eigenvalue weighted by Gasteiger charge is -2.12. The van der Waals surface area contributed by atoms with Crippen molar-refractivity contribution in [3.8, 4) is 0 Å². The molecule has 0 bridgehead atoms. The lowest BCUT2D eigenvalue weighted by Crippen LogP contribution is -2.06. The van der Waals surface area contributed by atoms with E-state index in [-0.39, 0.29) is 17.3 Å². The van der Waals surface area contributed by atoms with Crippen molar-refractivity contribution in [2.45, 2.75) is 6.92 Å². The first kappa shape index (κ1) is 18.5. The first-order valence-corrected chi connectivity index (χ1v) is 7.97. The number of hydrogen-bond donors (Lipinski definition) is 2. The predicted octanol–water partition coefficient (Wildman–Crippen LogP) is 5.11. The molecular weight excluding hydrogens is 380 g/mol. The normalized spacial score (nSPS) is 10.5. The van der Waals surface area contributed by atoms with E-state index in [1.54, 1.807) is 25.1 Å². The van der Waals surface area contributed by atoms with Gasteiger partial charge >= 0.3 is 5.69 Å². The van der Waals surface area contributed by atoms with Gasteiger partial charge in [-0.15, -0.1) is 0 Å². The van der Waals surface area contributed by atoms with E-state index >= 15 is 0 Å². The Labute approximate surface area is 157 Å². The minimum atomic E-state index is -1.09. The summed E-state index contributed by atoms with van der Waals surface area (Å²) in [6, 6.07) is 8.04. The molecule has 0 radical (unpaired) electrons.